The molecule has 2 aromatic carbocycles. The largest absolute Gasteiger partial charge is 0.493 e. The summed E-state index contributed by atoms with van der Waals surface area (Å²) in [6, 6.07) is 15.7. The molecule has 1 aromatic heterocycles. The number of aryl methyl sites for hydroxylation is 1. The van der Waals surface area contributed by atoms with E-state index in [4.69, 9.17) is 20.2 Å². The van der Waals surface area contributed by atoms with E-state index in [0.717, 1.165) is 35.6 Å². The molecule has 0 fully saturated rings. The first kappa shape index (κ1) is 15.4. The third-order valence-corrected chi connectivity index (χ3v) is 3.75. The number of rotatable bonds is 7. The standard InChI is InChI=1S/C18H21N3O2/c1-22-16-9-4-5-10-17(16)23-13-18-20-14-7-2-3-8-15(14)21(18)12-6-11-19/h2-5,7-10H,6,11-13,19H2,1H3. The summed E-state index contributed by atoms with van der Waals surface area (Å²) in [5.74, 6) is 2.33. The van der Waals surface area contributed by atoms with Crippen molar-refractivity contribution in [1.82, 2.24) is 9.55 Å². The highest BCUT2D eigenvalue weighted by atomic mass is 16.5. The van der Waals surface area contributed by atoms with Gasteiger partial charge in [-0.15, -0.1) is 0 Å². The van der Waals surface area contributed by atoms with Crippen LogP contribution in [0.15, 0.2) is 48.5 Å². The van der Waals surface area contributed by atoms with Crippen LogP contribution in [-0.2, 0) is 13.2 Å². The Morgan fingerprint density at radius 2 is 1.78 bits per heavy atom. The van der Waals surface area contributed by atoms with Gasteiger partial charge >= 0.3 is 0 Å². The Bertz CT molecular complexity index is 783. The van der Waals surface area contributed by atoms with E-state index in [1.165, 1.54) is 0 Å². The first-order chi connectivity index (χ1) is 11.3. The van der Waals surface area contributed by atoms with Crippen molar-refractivity contribution in [2.24, 2.45) is 5.73 Å². The molecule has 5 heteroatoms. The monoisotopic (exact) mass is 311 g/mol. The topological polar surface area (TPSA) is 62.3 Å². The molecule has 120 valence electrons. The second kappa shape index (κ2) is 7.15. The average Bonchev–Trinajstić information content (AvgIpc) is 2.96. The zero-order valence-corrected chi connectivity index (χ0v) is 13.2. The van der Waals surface area contributed by atoms with E-state index in [2.05, 4.69) is 10.6 Å². The number of imidazole rings is 1. The van der Waals surface area contributed by atoms with E-state index in [1.807, 2.05) is 42.5 Å². The Morgan fingerprint density at radius 3 is 2.57 bits per heavy atom. The van der Waals surface area contributed by atoms with Gasteiger partial charge in [-0.05, 0) is 37.2 Å². The summed E-state index contributed by atoms with van der Waals surface area (Å²) >= 11 is 0. The van der Waals surface area contributed by atoms with Crippen molar-refractivity contribution in [3.63, 3.8) is 0 Å². The quantitative estimate of drug-likeness (QED) is 0.728. The fourth-order valence-corrected chi connectivity index (χ4v) is 2.61. The number of nitrogens with two attached hydrogens (primary N) is 1. The zero-order valence-electron chi connectivity index (χ0n) is 13.2. The Kier molecular flexibility index (Phi) is 4.78. The molecule has 0 atom stereocenters. The predicted molar refractivity (Wildman–Crippen MR) is 90.7 cm³/mol. The van der Waals surface area contributed by atoms with E-state index in [9.17, 15) is 0 Å². The maximum absolute atomic E-state index is 5.92. The van der Waals surface area contributed by atoms with Gasteiger partial charge in [0.25, 0.3) is 0 Å². The molecule has 2 N–H and O–H groups in total. The fraction of sp³-hybridized carbons (Fsp3) is 0.278. The molecule has 3 aromatic rings. The molecule has 0 saturated heterocycles. The van der Waals surface area contributed by atoms with Crippen LogP contribution in [0.2, 0.25) is 0 Å². The summed E-state index contributed by atoms with van der Waals surface area (Å²) in [6.45, 7) is 1.88. The minimum absolute atomic E-state index is 0.389. The number of aromatic nitrogens is 2. The van der Waals surface area contributed by atoms with Gasteiger partial charge in [0.05, 0.1) is 18.1 Å². The van der Waals surface area contributed by atoms with Gasteiger partial charge in [0.15, 0.2) is 11.5 Å². The van der Waals surface area contributed by atoms with E-state index < -0.39 is 0 Å². The first-order valence-electron chi connectivity index (χ1n) is 7.73. The third-order valence-electron chi connectivity index (χ3n) is 3.75. The molecular weight excluding hydrogens is 290 g/mol. The zero-order chi connectivity index (χ0) is 16.1. The van der Waals surface area contributed by atoms with Crippen LogP contribution in [0.25, 0.3) is 11.0 Å². The minimum Gasteiger partial charge on any atom is -0.493 e. The molecule has 0 saturated carbocycles. The summed E-state index contributed by atoms with van der Waals surface area (Å²) in [7, 11) is 1.64. The number of para-hydroxylation sites is 4. The van der Waals surface area contributed by atoms with E-state index >= 15 is 0 Å². The summed E-state index contributed by atoms with van der Waals surface area (Å²) in [4.78, 5) is 4.69. The molecule has 3 rings (SSSR count). The van der Waals surface area contributed by atoms with Crippen LogP contribution in [0.5, 0.6) is 11.5 Å². The van der Waals surface area contributed by atoms with E-state index in [0.29, 0.717) is 18.9 Å². The molecule has 0 aliphatic rings. The van der Waals surface area contributed by atoms with Crippen molar-refractivity contribution < 1.29 is 9.47 Å². The molecule has 1 heterocycles. The van der Waals surface area contributed by atoms with E-state index in [-0.39, 0.29) is 0 Å². The molecular formula is C18H21N3O2. The second-order valence-corrected chi connectivity index (χ2v) is 5.25. The number of hydrogen-bond donors (Lipinski definition) is 1. The second-order valence-electron chi connectivity index (χ2n) is 5.25. The van der Waals surface area contributed by atoms with Gasteiger partial charge in [-0.3, -0.25) is 0 Å². The number of hydrogen-bond acceptors (Lipinski definition) is 4. The van der Waals surface area contributed by atoms with Gasteiger partial charge in [0.2, 0.25) is 0 Å². The van der Waals surface area contributed by atoms with Crippen LogP contribution in [0.1, 0.15) is 12.2 Å². The van der Waals surface area contributed by atoms with Crippen LogP contribution in [0.4, 0.5) is 0 Å². The van der Waals surface area contributed by atoms with Gasteiger partial charge in [-0.1, -0.05) is 24.3 Å². The fourth-order valence-electron chi connectivity index (χ4n) is 2.61. The number of ether oxygens (including phenoxy) is 2. The number of benzene rings is 2. The van der Waals surface area contributed by atoms with Gasteiger partial charge in [-0.2, -0.15) is 0 Å². The SMILES string of the molecule is COc1ccccc1OCc1nc2ccccc2n1CCCN. The highest BCUT2D eigenvalue weighted by molar-refractivity contribution is 5.75. The molecule has 0 radical (unpaired) electrons. The maximum Gasteiger partial charge on any atom is 0.161 e. The first-order valence-corrected chi connectivity index (χ1v) is 7.73. The molecule has 0 bridgehead atoms. The Hall–Kier alpha value is -2.53. The summed E-state index contributed by atoms with van der Waals surface area (Å²) in [5.41, 5.74) is 7.75. The molecule has 0 aliphatic heterocycles. The third kappa shape index (κ3) is 3.29. The van der Waals surface area contributed by atoms with Crippen molar-refractivity contribution in [1.29, 1.82) is 0 Å². The molecule has 0 aliphatic carbocycles. The lowest BCUT2D eigenvalue weighted by atomic mass is 10.3. The van der Waals surface area contributed by atoms with Crippen LogP contribution < -0.4 is 15.2 Å². The Morgan fingerprint density at radius 1 is 1.04 bits per heavy atom. The van der Waals surface area contributed by atoms with E-state index in [1.54, 1.807) is 7.11 Å². The van der Waals surface area contributed by atoms with Crippen LogP contribution in [-0.4, -0.2) is 23.2 Å². The van der Waals surface area contributed by atoms with Crippen LogP contribution >= 0.6 is 0 Å². The van der Waals surface area contributed by atoms with Gasteiger partial charge in [0.1, 0.15) is 12.4 Å². The molecule has 0 unspecified atom stereocenters. The van der Waals surface area contributed by atoms with Crippen molar-refractivity contribution in [2.75, 3.05) is 13.7 Å². The van der Waals surface area contributed by atoms with Gasteiger partial charge in [0, 0.05) is 6.54 Å². The Balaban J connectivity index is 1.87. The summed E-state index contributed by atoms with van der Waals surface area (Å²) in [5, 5.41) is 0. The maximum atomic E-state index is 5.92. The summed E-state index contributed by atoms with van der Waals surface area (Å²) < 4.78 is 13.4. The highest BCUT2D eigenvalue weighted by Gasteiger charge is 2.11. The number of methoxy groups -OCH3 is 1. The van der Waals surface area contributed by atoms with Crippen LogP contribution in [0.3, 0.4) is 0 Å². The molecule has 5 nitrogen and oxygen atoms in total. The van der Waals surface area contributed by atoms with Gasteiger partial charge < -0.3 is 19.8 Å². The van der Waals surface area contributed by atoms with Crippen molar-refractivity contribution >= 4 is 11.0 Å². The lowest BCUT2D eigenvalue weighted by Gasteiger charge is -2.12. The Labute approximate surface area is 135 Å². The van der Waals surface area contributed by atoms with Gasteiger partial charge in [-0.25, -0.2) is 4.98 Å². The number of nitrogens with zero attached hydrogens (tertiary/aromatic N) is 2. The van der Waals surface area contributed by atoms with Crippen molar-refractivity contribution in [3.05, 3.63) is 54.4 Å². The van der Waals surface area contributed by atoms with Crippen molar-refractivity contribution in [3.8, 4) is 11.5 Å². The van der Waals surface area contributed by atoms with Crippen LogP contribution in [0, 0.1) is 0 Å². The smallest absolute Gasteiger partial charge is 0.161 e. The normalized spacial score (nSPS) is 10.9. The molecule has 23 heavy (non-hydrogen) atoms. The lowest BCUT2D eigenvalue weighted by Crippen LogP contribution is -2.11. The molecule has 0 amide bonds. The average molecular weight is 311 g/mol. The predicted octanol–water partition coefficient (Wildman–Crippen LogP) is 2.97. The highest BCUT2D eigenvalue weighted by Crippen LogP contribution is 2.27. The van der Waals surface area contributed by atoms with Crippen molar-refractivity contribution in [2.45, 2.75) is 19.6 Å². The minimum atomic E-state index is 0.389. The lowest BCUT2D eigenvalue weighted by molar-refractivity contribution is 0.272. The molecule has 0 spiro atoms. The summed E-state index contributed by atoms with van der Waals surface area (Å²) in [6.07, 6.45) is 0.905. The number of fused-ring (bicyclic) bond motifs is 1.